The summed E-state index contributed by atoms with van der Waals surface area (Å²) in [4.78, 5) is 14.1. The highest BCUT2D eigenvalue weighted by atomic mass is 19.4. The van der Waals surface area contributed by atoms with Gasteiger partial charge in [0.15, 0.2) is 0 Å². The average molecular weight is 393 g/mol. The van der Waals surface area contributed by atoms with E-state index in [0.29, 0.717) is 24.1 Å². The number of nitrogens with one attached hydrogen (secondary N) is 1. The topological polar surface area (TPSA) is 63.1 Å². The Hall–Kier alpha value is -2.58. The van der Waals surface area contributed by atoms with Gasteiger partial charge in [0.05, 0.1) is 0 Å². The molecular formula is C19H22F3N5O. The number of benzene rings is 1. The zero-order valence-corrected chi connectivity index (χ0v) is 15.5. The molecule has 0 radical (unpaired) electrons. The SMILES string of the molecule is Cn1c(CC(F)(F)F)nnc1N(Cc1ccc(C(=O)NC2CC2)cc1)C1CC1. The maximum absolute atomic E-state index is 12.7. The van der Waals surface area contributed by atoms with Gasteiger partial charge in [-0.05, 0) is 43.4 Å². The Balaban J connectivity index is 1.48. The number of nitrogens with zero attached hydrogens (tertiary/aromatic N) is 4. The zero-order valence-electron chi connectivity index (χ0n) is 15.5. The van der Waals surface area contributed by atoms with E-state index < -0.39 is 12.6 Å². The number of rotatable bonds is 7. The van der Waals surface area contributed by atoms with E-state index in [1.807, 2.05) is 17.0 Å². The van der Waals surface area contributed by atoms with Gasteiger partial charge in [0.2, 0.25) is 5.95 Å². The van der Waals surface area contributed by atoms with Crippen LogP contribution in [0.4, 0.5) is 19.1 Å². The molecule has 2 aromatic rings. The highest BCUT2D eigenvalue weighted by molar-refractivity contribution is 5.94. The van der Waals surface area contributed by atoms with E-state index in [1.54, 1.807) is 19.2 Å². The second-order valence-electron chi connectivity index (χ2n) is 7.57. The van der Waals surface area contributed by atoms with Gasteiger partial charge in [0.25, 0.3) is 5.91 Å². The number of halogens is 3. The van der Waals surface area contributed by atoms with Gasteiger partial charge in [0, 0.05) is 31.2 Å². The molecule has 28 heavy (non-hydrogen) atoms. The van der Waals surface area contributed by atoms with Crippen LogP contribution in [0.25, 0.3) is 0 Å². The first-order chi connectivity index (χ1) is 13.3. The van der Waals surface area contributed by atoms with Crippen LogP contribution < -0.4 is 10.2 Å². The lowest BCUT2D eigenvalue weighted by Crippen LogP contribution is -2.28. The molecule has 0 aliphatic heterocycles. The second kappa shape index (κ2) is 7.10. The quantitative estimate of drug-likeness (QED) is 0.786. The smallest absolute Gasteiger partial charge is 0.349 e. The Morgan fingerprint density at radius 2 is 1.86 bits per heavy atom. The molecule has 2 aliphatic rings. The van der Waals surface area contributed by atoms with Crippen molar-refractivity contribution in [1.82, 2.24) is 20.1 Å². The van der Waals surface area contributed by atoms with E-state index in [-0.39, 0.29) is 17.8 Å². The van der Waals surface area contributed by atoms with Crippen LogP contribution >= 0.6 is 0 Å². The van der Waals surface area contributed by atoms with Crippen LogP contribution in [0.15, 0.2) is 24.3 Å². The molecule has 0 saturated heterocycles. The predicted molar refractivity (Wildman–Crippen MR) is 96.9 cm³/mol. The first-order valence-electron chi connectivity index (χ1n) is 9.41. The molecule has 6 nitrogen and oxygen atoms in total. The van der Waals surface area contributed by atoms with E-state index in [1.165, 1.54) is 4.57 Å². The van der Waals surface area contributed by atoms with E-state index in [0.717, 1.165) is 31.2 Å². The van der Waals surface area contributed by atoms with Gasteiger partial charge in [-0.2, -0.15) is 13.2 Å². The summed E-state index contributed by atoms with van der Waals surface area (Å²) in [6.45, 7) is 0.507. The monoisotopic (exact) mass is 393 g/mol. The summed E-state index contributed by atoms with van der Waals surface area (Å²) in [6.07, 6.45) is -1.39. The number of alkyl halides is 3. The molecule has 2 fully saturated rings. The standard InChI is InChI=1S/C19H22F3N5O/c1-26-16(10-19(20,21)22)24-25-18(26)27(15-8-9-15)11-12-2-4-13(5-3-12)17(28)23-14-6-7-14/h2-5,14-15H,6-11H2,1H3,(H,23,28). The van der Waals surface area contributed by atoms with Crippen LogP contribution in [0.1, 0.15) is 47.4 Å². The molecule has 1 N–H and O–H groups in total. The fourth-order valence-corrected chi connectivity index (χ4v) is 3.14. The van der Waals surface area contributed by atoms with Gasteiger partial charge in [-0.15, -0.1) is 10.2 Å². The van der Waals surface area contributed by atoms with Gasteiger partial charge >= 0.3 is 6.18 Å². The van der Waals surface area contributed by atoms with Gasteiger partial charge < -0.3 is 14.8 Å². The van der Waals surface area contributed by atoms with Crippen molar-refractivity contribution in [2.45, 2.75) is 56.9 Å². The zero-order chi connectivity index (χ0) is 19.9. The summed E-state index contributed by atoms with van der Waals surface area (Å²) in [5.41, 5.74) is 1.58. The average Bonchev–Trinajstić information content (AvgIpc) is 3.54. The molecule has 2 aliphatic carbocycles. The lowest BCUT2D eigenvalue weighted by Gasteiger charge is -2.23. The van der Waals surface area contributed by atoms with Crippen molar-refractivity contribution in [3.05, 3.63) is 41.2 Å². The third-order valence-electron chi connectivity index (χ3n) is 5.03. The van der Waals surface area contributed by atoms with Crippen molar-refractivity contribution in [3.8, 4) is 0 Å². The highest BCUT2D eigenvalue weighted by Crippen LogP contribution is 2.33. The highest BCUT2D eigenvalue weighted by Gasteiger charge is 2.35. The summed E-state index contributed by atoms with van der Waals surface area (Å²) in [5, 5.41) is 10.7. The Labute approximate surface area is 160 Å². The number of hydrogen-bond acceptors (Lipinski definition) is 4. The minimum atomic E-state index is -4.32. The molecule has 2 saturated carbocycles. The summed E-state index contributed by atoms with van der Waals surface area (Å²) in [6, 6.07) is 7.88. The summed E-state index contributed by atoms with van der Waals surface area (Å²) in [7, 11) is 1.57. The fourth-order valence-electron chi connectivity index (χ4n) is 3.14. The van der Waals surface area contributed by atoms with E-state index in [9.17, 15) is 18.0 Å². The van der Waals surface area contributed by atoms with Crippen LogP contribution in [-0.4, -0.2) is 38.9 Å². The van der Waals surface area contributed by atoms with Crippen molar-refractivity contribution >= 4 is 11.9 Å². The van der Waals surface area contributed by atoms with Gasteiger partial charge in [-0.1, -0.05) is 12.1 Å². The first-order valence-corrected chi connectivity index (χ1v) is 9.41. The Kier molecular flexibility index (Phi) is 4.76. The molecular weight excluding hydrogens is 371 g/mol. The van der Waals surface area contributed by atoms with Gasteiger partial charge in [-0.3, -0.25) is 4.79 Å². The Bertz CT molecular complexity index is 853. The molecule has 0 unspecified atom stereocenters. The largest absolute Gasteiger partial charge is 0.396 e. The van der Waals surface area contributed by atoms with Crippen molar-refractivity contribution < 1.29 is 18.0 Å². The van der Waals surface area contributed by atoms with Crippen LogP contribution in [0, 0.1) is 0 Å². The van der Waals surface area contributed by atoms with Crippen molar-refractivity contribution in [2.24, 2.45) is 7.05 Å². The van der Waals surface area contributed by atoms with Crippen LogP contribution in [-0.2, 0) is 20.0 Å². The van der Waals surface area contributed by atoms with Crippen molar-refractivity contribution in [2.75, 3.05) is 4.90 Å². The maximum Gasteiger partial charge on any atom is 0.396 e. The number of aromatic nitrogens is 3. The lowest BCUT2D eigenvalue weighted by atomic mass is 10.1. The molecule has 150 valence electrons. The van der Waals surface area contributed by atoms with Crippen molar-refractivity contribution in [1.29, 1.82) is 0 Å². The normalized spacial score (nSPS) is 16.9. The Morgan fingerprint density at radius 1 is 1.18 bits per heavy atom. The van der Waals surface area contributed by atoms with E-state index in [2.05, 4.69) is 15.5 Å². The molecule has 0 bridgehead atoms. The number of carbonyl (C=O) groups is 1. The molecule has 1 aromatic heterocycles. The molecule has 1 heterocycles. The molecule has 0 atom stereocenters. The summed E-state index contributed by atoms with van der Waals surface area (Å²) < 4.78 is 39.5. The lowest BCUT2D eigenvalue weighted by molar-refractivity contribution is -0.128. The summed E-state index contributed by atoms with van der Waals surface area (Å²) in [5.74, 6) is 0.274. The van der Waals surface area contributed by atoms with Crippen LogP contribution in [0.2, 0.25) is 0 Å². The van der Waals surface area contributed by atoms with Gasteiger partial charge in [-0.25, -0.2) is 0 Å². The number of amides is 1. The number of carbonyl (C=O) groups excluding carboxylic acids is 1. The molecule has 1 amide bonds. The maximum atomic E-state index is 12.7. The fraction of sp³-hybridized carbons (Fsp3) is 0.526. The minimum Gasteiger partial charge on any atom is -0.349 e. The summed E-state index contributed by atoms with van der Waals surface area (Å²) >= 11 is 0. The second-order valence-corrected chi connectivity index (χ2v) is 7.57. The Morgan fingerprint density at radius 3 is 2.43 bits per heavy atom. The molecule has 9 heteroatoms. The van der Waals surface area contributed by atoms with Crippen molar-refractivity contribution in [3.63, 3.8) is 0 Å². The first kappa shape index (κ1) is 18.8. The molecule has 0 spiro atoms. The van der Waals surface area contributed by atoms with E-state index >= 15 is 0 Å². The minimum absolute atomic E-state index is 0.0711. The van der Waals surface area contributed by atoms with E-state index in [4.69, 9.17) is 0 Å². The number of anilines is 1. The molecule has 1 aromatic carbocycles. The predicted octanol–water partition coefficient (Wildman–Crippen LogP) is 2.98. The molecule has 4 rings (SSSR count). The van der Waals surface area contributed by atoms with Crippen LogP contribution in [0.5, 0.6) is 0 Å². The number of hydrogen-bond donors (Lipinski definition) is 1. The van der Waals surface area contributed by atoms with Gasteiger partial charge in [0.1, 0.15) is 12.2 Å². The third-order valence-corrected chi connectivity index (χ3v) is 5.03. The third kappa shape index (κ3) is 4.45. The van der Waals surface area contributed by atoms with Crippen LogP contribution in [0.3, 0.4) is 0 Å².